The minimum Gasteiger partial charge on any atom is -0.461 e. The van der Waals surface area contributed by atoms with Gasteiger partial charge in [-0.25, -0.2) is 4.79 Å². The molecule has 0 bridgehead atoms. The van der Waals surface area contributed by atoms with Crippen molar-refractivity contribution in [2.24, 2.45) is 5.10 Å². The zero-order chi connectivity index (χ0) is 12.8. The average molecular weight is 320 g/mol. The summed E-state index contributed by atoms with van der Waals surface area (Å²) < 4.78 is 5.66. The van der Waals surface area contributed by atoms with E-state index in [-0.39, 0.29) is 5.71 Å². The van der Waals surface area contributed by atoms with Crippen molar-refractivity contribution < 1.29 is 9.53 Å². The van der Waals surface area contributed by atoms with Crippen molar-refractivity contribution in [1.29, 1.82) is 0 Å². The number of nitrogens with zero attached hydrogens (tertiary/aromatic N) is 1. The van der Waals surface area contributed by atoms with Gasteiger partial charge in [-0.2, -0.15) is 5.10 Å². The molecule has 0 aliphatic rings. The van der Waals surface area contributed by atoms with E-state index >= 15 is 0 Å². The molecule has 0 amide bonds. The number of benzene rings is 1. The van der Waals surface area contributed by atoms with Crippen LogP contribution in [0, 0.1) is 0 Å². The first-order valence-electron chi connectivity index (χ1n) is 4.97. The molecule has 0 aromatic heterocycles. The monoisotopic (exact) mass is 318 g/mol. The quantitative estimate of drug-likeness (QED) is 0.527. The molecule has 1 N–H and O–H groups in total. The zero-order valence-electron chi connectivity index (χ0n) is 9.46. The molecule has 0 heterocycles. The van der Waals surface area contributed by atoms with Crippen LogP contribution >= 0.6 is 27.5 Å². The first-order chi connectivity index (χ1) is 8.10. The highest BCUT2D eigenvalue weighted by Crippen LogP contribution is 2.22. The van der Waals surface area contributed by atoms with Crippen LogP contribution in [0.1, 0.15) is 12.5 Å². The van der Waals surface area contributed by atoms with Gasteiger partial charge in [0.2, 0.25) is 0 Å². The third-order valence-corrected chi connectivity index (χ3v) is 2.80. The van der Waals surface area contributed by atoms with Crippen LogP contribution in [0.2, 0.25) is 5.02 Å². The molecule has 1 aromatic carbocycles. The lowest BCUT2D eigenvalue weighted by atomic mass is 10.1. The topological polar surface area (TPSA) is 50.7 Å². The van der Waals surface area contributed by atoms with E-state index in [4.69, 9.17) is 16.3 Å². The molecule has 0 aliphatic heterocycles. The summed E-state index contributed by atoms with van der Waals surface area (Å²) in [6, 6.07) is 5.12. The Balaban J connectivity index is 3.19. The van der Waals surface area contributed by atoms with Crippen LogP contribution in [0.5, 0.6) is 0 Å². The second kappa shape index (κ2) is 6.61. The molecule has 0 aliphatic carbocycles. The van der Waals surface area contributed by atoms with E-state index in [0.717, 1.165) is 4.47 Å². The fraction of sp³-hybridized carbons (Fsp3) is 0.273. The van der Waals surface area contributed by atoms with Crippen LogP contribution in [-0.4, -0.2) is 25.3 Å². The summed E-state index contributed by atoms with van der Waals surface area (Å²) in [5, 5.41) is 4.44. The van der Waals surface area contributed by atoms with Gasteiger partial charge in [0.15, 0.2) is 5.71 Å². The first-order valence-corrected chi connectivity index (χ1v) is 6.14. The summed E-state index contributed by atoms with van der Waals surface area (Å²) in [7, 11) is 1.61. The zero-order valence-corrected chi connectivity index (χ0v) is 11.8. The van der Waals surface area contributed by atoms with E-state index in [1.807, 2.05) is 0 Å². The normalized spacial score (nSPS) is 11.2. The van der Waals surface area contributed by atoms with Gasteiger partial charge < -0.3 is 10.2 Å². The Morgan fingerprint density at radius 1 is 1.59 bits per heavy atom. The first kappa shape index (κ1) is 14.0. The molecule has 92 valence electrons. The van der Waals surface area contributed by atoms with Crippen molar-refractivity contribution in [3.05, 3.63) is 33.3 Å². The molecule has 4 nitrogen and oxygen atoms in total. The molecule has 0 atom stereocenters. The second-order valence-electron chi connectivity index (χ2n) is 3.03. The number of carbonyl (C=O) groups is 1. The van der Waals surface area contributed by atoms with Gasteiger partial charge >= 0.3 is 5.97 Å². The van der Waals surface area contributed by atoms with Crippen molar-refractivity contribution in [3.8, 4) is 0 Å². The molecular formula is C11H12BrClN2O2. The number of nitrogens with one attached hydrogen (secondary N) is 1. The third-order valence-electron chi connectivity index (χ3n) is 1.88. The van der Waals surface area contributed by atoms with Gasteiger partial charge in [0, 0.05) is 22.1 Å². The Morgan fingerprint density at radius 2 is 2.29 bits per heavy atom. The maximum Gasteiger partial charge on any atom is 0.359 e. The molecule has 0 saturated heterocycles. The minimum absolute atomic E-state index is 0.184. The number of ether oxygens (including phenoxy) is 1. The predicted octanol–water partition coefficient (Wildman–Crippen LogP) is 2.59. The van der Waals surface area contributed by atoms with Crippen molar-refractivity contribution in [2.45, 2.75) is 6.92 Å². The Hall–Kier alpha value is -1.07. The maximum absolute atomic E-state index is 11.7. The van der Waals surface area contributed by atoms with E-state index in [0.29, 0.717) is 17.2 Å². The van der Waals surface area contributed by atoms with Gasteiger partial charge in [-0.15, -0.1) is 0 Å². The minimum atomic E-state index is -0.496. The number of esters is 1. The number of hydrogen-bond donors (Lipinski definition) is 1. The highest BCUT2D eigenvalue weighted by molar-refractivity contribution is 9.10. The lowest BCUT2D eigenvalue weighted by molar-refractivity contribution is -0.134. The summed E-state index contributed by atoms with van der Waals surface area (Å²) in [5.74, 6) is -0.496. The molecule has 1 rings (SSSR count). The highest BCUT2D eigenvalue weighted by atomic mass is 79.9. The van der Waals surface area contributed by atoms with Crippen LogP contribution in [0.15, 0.2) is 27.8 Å². The Kier molecular flexibility index (Phi) is 5.44. The number of rotatable bonds is 4. The van der Waals surface area contributed by atoms with E-state index in [2.05, 4.69) is 26.5 Å². The molecule has 0 radical (unpaired) electrons. The molecule has 0 saturated carbocycles. The fourth-order valence-corrected chi connectivity index (χ4v) is 1.81. The summed E-state index contributed by atoms with van der Waals surface area (Å²) in [5.41, 5.74) is 3.35. The lowest BCUT2D eigenvalue weighted by Crippen LogP contribution is -2.21. The third kappa shape index (κ3) is 3.71. The van der Waals surface area contributed by atoms with Gasteiger partial charge in [0.05, 0.1) is 6.61 Å². The van der Waals surface area contributed by atoms with E-state index in [1.54, 1.807) is 32.2 Å². The molecule has 17 heavy (non-hydrogen) atoms. The SMILES string of the molecule is CCOC(=O)/C(=N\NC)c1cc(Cl)ccc1Br. The summed E-state index contributed by atoms with van der Waals surface area (Å²) >= 11 is 9.24. The average Bonchev–Trinajstić information content (AvgIpc) is 2.30. The maximum atomic E-state index is 11.7. The van der Waals surface area contributed by atoms with E-state index < -0.39 is 5.97 Å². The Morgan fingerprint density at radius 3 is 2.88 bits per heavy atom. The van der Waals surface area contributed by atoms with Crippen molar-refractivity contribution in [3.63, 3.8) is 0 Å². The molecule has 0 fully saturated rings. The standard InChI is InChI=1S/C11H12BrClN2O2/c1-3-17-11(16)10(15-14-2)8-6-7(13)4-5-9(8)12/h4-6,14H,3H2,1-2H3/b15-10-. The number of carbonyl (C=O) groups excluding carboxylic acids is 1. The van der Waals surface area contributed by atoms with Crippen molar-refractivity contribution >= 4 is 39.2 Å². The van der Waals surface area contributed by atoms with Gasteiger partial charge in [-0.3, -0.25) is 0 Å². The fourth-order valence-electron chi connectivity index (χ4n) is 1.21. The van der Waals surface area contributed by atoms with Crippen molar-refractivity contribution in [1.82, 2.24) is 5.43 Å². The summed E-state index contributed by atoms with van der Waals surface area (Å²) in [6.07, 6.45) is 0. The number of hydrazone groups is 1. The largest absolute Gasteiger partial charge is 0.461 e. The van der Waals surface area contributed by atoms with E-state index in [1.165, 1.54) is 0 Å². The van der Waals surface area contributed by atoms with Gasteiger partial charge in [0.1, 0.15) is 0 Å². The number of hydrogen-bond acceptors (Lipinski definition) is 4. The van der Waals surface area contributed by atoms with Crippen LogP contribution in [0.25, 0.3) is 0 Å². The highest BCUT2D eigenvalue weighted by Gasteiger charge is 2.18. The predicted molar refractivity (Wildman–Crippen MR) is 71.4 cm³/mol. The van der Waals surface area contributed by atoms with Gasteiger partial charge in [-0.1, -0.05) is 27.5 Å². The van der Waals surface area contributed by atoms with Gasteiger partial charge in [-0.05, 0) is 25.1 Å². The number of halogens is 2. The van der Waals surface area contributed by atoms with Crippen molar-refractivity contribution in [2.75, 3.05) is 13.7 Å². The molecule has 6 heteroatoms. The second-order valence-corrected chi connectivity index (χ2v) is 4.32. The smallest absolute Gasteiger partial charge is 0.359 e. The molecular weight excluding hydrogens is 307 g/mol. The molecule has 1 aromatic rings. The Labute approximate surface area is 113 Å². The molecule has 0 spiro atoms. The molecule has 0 unspecified atom stereocenters. The van der Waals surface area contributed by atoms with Crippen LogP contribution in [-0.2, 0) is 9.53 Å². The van der Waals surface area contributed by atoms with Crippen LogP contribution in [0.4, 0.5) is 0 Å². The van der Waals surface area contributed by atoms with Crippen LogP contribution in [0.3, 0.4) is 0 Å². The summed E-state index contributed by atoms with van der Waals surface area (Å²) in [6.45, 7) is 2.03. The lowest BCUT2D eigenvalue weighted by Gasteiger charge is -2.08. The van der Waals surface area contributed by atoms with E-state index in [9.17, 15) is 4.79 Å². The Bertz CT molecular complexity index is 449. The summed E-state index contributed by atoms with van der Waals surface area (Å²) in [4.78, 5) is 11.7. The van der Waals surface area contributed by atoms with Gasteiger partial charge in [0.25, 0.3) is 0 Å². The van der Waals surface area contributed by atoms with Crippen LogP contribution < -0.4 is 5.43 Å².